The molecule has 9 nitrogen and oxygen atoms in total. The quantitative estimate of drug-likeness (QED) is 0.403. The zero-order valence-electron chi connectivity index (χ0n) is 13.5. The molecule has 1 aromatic heterocycles. The summed E-state index contributed by atoms with van der Waals surface area (Å²) in [4.78, 5) is 24.1. The van der Waals surface area contributed by atoms with Gasteiger partial charge in [-0.15, -0.1) is 0 Å². The van der Waals surface area contributed by atoms with Gasteiger partial charge in [-0.1, -0.05) is 0 Å². The van der Waals surface area contributed by atoms with Gasteiger partial charge in [0.15, 0.2) is 6.54 Å². The highest BCUT2D eigenvalue weighted by Crippen LogP contribution is 2.15. The molecule has 2 heterocycles. The number of nitrogens with zero attached hydrogens (tertiary/aromatic N) is 3. The summed E-state index contributed by atoms with van der Waals surface area (Å²) in [6, 6.07) is 0. The van der Waals surface area contributed by atoms with E-state index in [0.717, 1.165) is 0 Å². The molecule has 124 valence electrons. The first kappa shape index (κ1) is 16.8. The van der Waals surface area contributed by atoms with Crippen LogP contribution in [0.4, 0.5) is 11.6 Å². The van der Waals surface area contributed by atoms with E-state index in [0.29, 0.717) is 30.3 Å². The number of quaternary nitrogens is 1. The monoisotopic (exact) mass is 320 g/mol. The molecule has 0 saturated heterocycles. The molecule has 6 N–H and O–H groups in total. The van der Waals surface area contributed by atoms with Crippen molar-refractivity contribution in [3.63, 3.8) is 0 Å². The number of nitrogen functional groups attached to an aromatic ring is 1. The average molecular weight is 320 g/mol. The summed E-state index contributed by atoms with van der Waals surface area (Å²) in [5, 5.41) is 12.9. The van der Waals surface area contributed by atoms with E-state index in [1.807, 2.05) is 0 Å². The highest BCUT2D eigenvalue weighted by Gasteiger charge is 2.24. The molecule has 23 heavy (non-hydrogen) atoms. The smallest absolute Gasteiger partial charge is 0.362 e. The Balaban J connectivity index is 2.15. The highest BCUT2D eigenvalue weighted by atomic mass is 16.6. The summed E-state index contributed by atoms with van der Waals surface area (Å²) >= 11 is 0. The number of aromatic nitrogens is 2. The van der Waals surface area contributed by atoms with Crippen molar-refractivity contribution in [3.8, 4) is 0 Å². The molecule has 0 radical (unpaired) electrons. The molecule has 9 heteroatoms. The molecule has 0 atom stereocenters. The van der Waals surface area contributed by atoms with Gasteiger partial charge in [0.05, 0.1) is 6.54 Å². The predicted octanol–water partition coefficient (Wildman–Crippen LogP) is -1.04. The van der Waals surface area contributed by atoms with Gasteiger partial charge in [-0.25, -0.2) is 9.78 Å². The minimum atomic E-state index is -0.548. The van der Waals surface area contributed by atoms with Crippen molar-refractivity contribution >= 4 is 29.2 Å². The van der Waals surface area contributed by atoms with Gasteiger partial charge >= 0.3 is 5.97 Å². The topological polar surface area (TPSA) is 143 Å². The van der Waals surface area contributed by atoms with Gasteiger partial charge in [-0.05, 0) is 20.8 Å². The maximum atomic E-state index is 11.8. The van der Waals surface area contributed by atoms with Crippen LogP contribution >= 0.6 is 0 Å². The van der Waals surface area contributed by atoms with Gasteiger partial charge in [0, 0.05) is 6.54 Å². The zero-order chi connectivity index (χ0) is 17.0. The Kier molecular flexibility index (Phi) is 4.89. The third kappa shape index (κ3) is 4.46. The van der Waals surface area contributed by atoms with E-state index in [9.17, 15) is 4.79 Å². The van der Waals surface area contributed by atoms with Crippen molar-refractivity contribution in [2.75, 3.05) is 25.4 Å². The number of anilines is 1. The number of rotatable bonds is 5. The molecule has 0 fully saturated rings. The van der Waals surface area contributed by atoms with Gasteiger partial charge in [0.2, 0.25) is 5.82 Å². The summed E-state index contributed by atoms with van der Waals surface area (Å²) in [5.74, 6) is 0.684. The van der Waals surface area contributed by atoms with Crippen LogP contribution in [-0.2, 0) is 9.53 Å². The Hall–Kier alpha value is -2.55. The van der Waals surface area contributed by atoms with Crippen LogP contribution in [0.25, 0.3) is 0 Å². The lowest BCUT2D eigenvalue weighted by Gasteiger charge is -2.18. The standard InChI is InChI=1S/C14H21N7O2/c1-14(2,3)23-8(22)6-19-12-9(11(16)20-7-21-12)10(15)13-17-4-5-18-13/h7,15H,4-6H2,1-3H3,(H,17,18)(H3,16,19,20,21)/p+1. The third-order valence-electron chi connectivity index (χ3n) is 2.95. The van der Waals surface area contributed by atoms with E-state index >= 15 is 0 Å². The summed E-state index contributed by atoms with van der Waals surface area (Å²) in [6.45, 7) is 6.74. The number of nitrogens with two attached hydrogens (primary N) is 2. The SMILES string of the molecule is CC(C)(C)OC(=O)C[NH2+]c1ncnc(N)c1C(=N)C1=NCCN1. The third-order valence-corrected chi connectivity index (χ3v) is 2.95. The molecular weight excluding hydrogens is 298 g/mol. The average Bonchev–Trinajstić information content (AvgIpc) is 2.96. The Morgan fingerprint density at radius 3 is 2.83 bits per heavy atom. The second kappa shape index (κ2) is 6.69. The van der Waals surface area contributed by atoms with Crippen LogP contribution in [0.3, 0.4) is 0 Å². The minimum Gasteiger partial charge on any atom is -0.456 e. The number of carbonyl (C=O) groups is 1. The van der Waals surface area contributed by atoms with Crippen molar-refractivity contribution in [1.82, 2.24) is 15.3 Å². The van der Waals surface area contributed by atoms with Crippen LogP contribution in [0.5, 0.6) is 0 Å². The first-order valence-corrected chi connectivity index (χ1v) is 7.31. The van der Waals surface area contributed by atoms with E-state index in [4.69, 9.17) is 15.9 Å². The molecule has 1 aliphatic heterocycles. The molecular formula is C14H22N7O2+. The lowest BCUT2D eigenvalue weighted by Crippen LogP contribution is -2.81. The second-order valence-electron chi connectivity index (χ2n) is 6.05. The Morgan fingerprint density at radius 2 is 2.22 bits per heavy atom. The van der Waals surface area contributed by atoms with E-state index in [-0.39, 0.29) is 24.0 Å². The Labute approximate surface area is 134 Å². The van der Waals surface area contributed by atoms with Crippen molar-refractivity contribution in [2.24, 2.45) is 4.99 Å². The van der Waals surface area contributed by atoms with Gasteiger partial charge in [-0.3, -0.25) is 15.7 Å². The number of nitrogens with one attached hydrogen (secondary N) is 2. The predicted molar refractivity (Wildman–Crippen MR) is 85.9 cm³/mol. The van der Waals surface area contributed by atoms with Crippen molar-refractivity contribution < 1.29 is 14.8 Å². The van der Waals surface area contributed by atoms with E-state index in [2.05, 4.69) is 20.3 Å². The molecule has 0 amide bonds. The zero-order valence-corrected chi connectivity index (χ0v) is 13.5. The highest BCUT2D eigenvalue weighted by molar-refractivity contribution is 6.48. The van der Waals surface area contributed by atoms with Gasteiger partial charge in [-0.2, -0.15) is 4.98 Å². The Morgan fingerprint density at radius 1 is 1.48 bits per heavy atom. The normalized spacial score (nSPS) is 14.1. The molecule has 1 aliphatic rings. The molecule has 0 bridgehead atoms. The summed E-state index contributed by atoms with van der Waals surface area (Å²) in [7, 11) is 0. The number of aliphatic imine (C=N–C) groups is 1. The number of amidine groups is 1. The number of hydrogen-bond acceptors (Lipinski definition) is 8. The fourth-order valence-corrected chi connectivity index (χ4v) is 2.07. The molecule has 2 rings (SSSR count). The fraction of sp³-hybridized carbons (Fsp3) is 0.500. The van der Waals surface area contributed by atoms with E-state index < -0.39 is 5.60 Å². The van der Waals surface area contributed by atoms with E-state index in [1.165, 1.54) is 6.33 Å². The fourth-order valence-electron chi connectivity index (χ4n) is 2.07. The van der Waals surface area contributed by atoms with Crippen LogP contribution in [0, 0.1) is 5.41 Å². The number of ether oxygens (including phenoxy) is 1. The molecule has 0 saturated carbocycles. The first-order chi connectivity index (χ1) is 10.8. The molecule has 0 spiro atoms. The summed E-state index contributed by atoms with van der Waals surface area (Å²) in [5.41, 5.74) is 5.83. The first-order valence-electron chi connectivity index (χ1n) is 7.31. The van der Waals surface area contributed by atoms with Gasteiger partial charge in [0.25, 0.3) is 0 Å². The largest absolute Gasteiger partial charge is 0.456 e. The lowest BCUT2D eigenvalue weighted by atomic mass is 10.1. The second-order valence-corrected chi connectivity index (χ2v) is 6.05. The molecule has 0 aliphatic carbocycles. The Bertz CT molecular complexity index is 649. The molecule has 1 aromatic rings. The summed E-state index contributed by atoms with van der Waals surface area (Å²) < 4.78 is 5.26. The van der Waals surface area contributed by atoms with Crippen molar-refractivity contribution in [2.45, 2.75) is 26.4 Å². The van der Waals surface area contributed by atoms with Crippen LogP contribution in [0.2, 0.25) is 0 Å². The van der Waals surface area contributed by atoms with Crippen LogP contribution in [-0.4, -0.2) is 52.7 Å². The number of esters is 1. The minimum absolute atomic E-state index is 0.0356. The van der Waals surface area contributed by atoms with E-state index in [1.54, 1.807) is 26.1 Å². The number of hydrogen-bond donors (Lipinski definition) is 4. The summed E-state index contributed by atoms with van der Waals surface area (Å²) in [6.07, 6.45) is 1.30. The van der Waals surface area contributed by atoms with Crippen molar-refractivity contribution in [1.29, 1.82) is 5.41 Å². The lowest BCUT2D eigenvalue weighted by molar-refractivity contribution is -0.565. The van der Waals surface area contributed by atoms with Crippen LogP contribution < -0.4 is 16.4 Å². The molecule has 0 unspecified atom stereocenters. The molecule has 0 aromatic carbocycles. The van der Waals surface area contributed by atoms with Crippen LogP contribution in [0.1, 0.15) is 26.3 Å². The number of carbonyl (C=O) groups excluding carboxylic acids is 1. The van der Waals surface area contributed by atoms with Gasteiger partial charge < -0.3 is 15.8 Å². The van der Waals surface area contributed by atoms with Gasteiger partial charge in [0.1, 0.15) is 34.9 Å². The van der Waals surface area contributed by atoms with Crippen LogP contribution in [0.15, 0.2) is 11.3 Å². The maximum absolute atomic E-state index is 11.8. The maximum Gasteiger partial charge on any atom is 0.362 e. The van der Waals surface area contributed by atoms with Crippen molar-refractivity contribution in [3.05, 3.63) is 11.9 Å².